The molecule has 70 valence electrons. The molecule has 0 heterocycles. The van der Waals surface area contributed by atoms with E-state index in [0.29, 0.717) is 10.9 Å². The number of nitrogens with two attached hydrogens (primary N) is 2. The third-order valence-corrected chi connectivity index (χ3v) is 2.12. The zero-order chi connectivity index (χ0) is 9.84. The van der Waals surface area contributed by atoms with Gasteiger partial charge in [0.1, 0.15) is 0 Å². The van der Waals surface area contributed by atoms with Crippen molar-refractivity contribution < 1.29 is 0 Å². The summed E-state index contributed by atoms with van der Waals surface area (Å²) in [6.07, 6.45) is 0. The normalized spacial score (nSPS) is 11.5. The van der Waals surface area contributed by atoms with Gasteiger partial charge in [-0.15, -0.1) is 0 Å². The van der Waals surface area contributed by atoms with E-state index in [-0.39, 0.29) is 0 Å². The highest BCUT2D eigenvalue weighted by molar-refractivity contribution is 6.31. The van der Waals surface area contributed by atoms with Gasteiger partial charge in [0, 0.05) is 10.6 Å². The van der Waals surface area contributed by atoms with Gasteiger partial charge >= 0.3 is 0 Å². The summed E-state index contributed by atoms with van der Waals surface area (Å²) in [6.45, 7) is 1.90. The lowest BCUT2D eigenvalue weighted by molar-refractivity contribution is 1.00. The molecule has 0 aliphatic carbocycles. The maximum Gasteiger partial charge on any atom is 0.166 e. The molecule has 0 spiro atoms. The molecule has 1 aromatic rings. The number of hydrogen-bond donors (Lipinski definition) is 3. The highest BCUT2D eigenvalue weighted by Gasteiger charge is 2.02. The van der Waals surface area contributed by atoms with E-state index >= 15 is 0 Å². The molecule has 0 bridgehead atoms. The lowest BCUT2D eigenvalue weighted by Crippen LogP contribution is -2.32. The number of benzene rings is 1. The monoisotopic (exact) mass is 198 g/mol. The number of rotatable bonds is 1. The molecule has 0 unspecified atom stereocenters. The highest BCUT2D eigenvalue weighted by Crippen LogP contribution is 2.16. The number of amidine groups is 1. The molecule has 0 atom stereocenters. The van der Waals surface area contributed by atoms with Crippen molar-refractivity contribution in [1.82, 2.24) is 5.43 Å². The molecule has 0 saturated heterocycles. The summed E-state index contributed by atoms with van der Waals surface area (Å²) < 4.78 is 0. The van der Waals surface area contributed by atoms with Crippen molar-refractivity contribution in [3.63, 3.8) is 0 Å². The van der Waals surface area contributed by atoms with Crippen LogP contribution in [0.2, 0.25) is 5.02 Å². The van der Waals surface area contributed by atoms with Crippen LogP contribution in [-0.2, 0) is 0 Å². The fourth-order valence-electron chi connectivity index (χ4n) is 0.987. The van der Waals surface area contributed by atoms with Crippen LogP contribution in [0.15, 0.2) is 23.3 Å². The van der Waals surface area contributed by atoms with E-state index in [1.54, 1.807) is 12.1 Å². The summed E-state index contributed by atoms with van der Waals surface area (Å²) in [5, 5.41) is 4.19. The first-order chi connectivity index (χ1) is 6.19. The minimum absolute atomic E-state index is 0.430. The van der Waals surface area contributed by atoms with Crippen molar-refractivity contribution in [3.8, 4) is 0 Å². The first kappa shape index (κ1) is 9.83. The second-order valence-corrected chi connectivity index (χ2v) is 2.99. The van der Waals surface area contributed by atoms with Crippen LogP contribution >= 0.6 is 11.6 Å². The first-order valence-corrected chi connectivity index (χ1v) is 4.08. The third kappa shape index (κ3) is 2.11. The first-order valence-electron chi connectivity index (χ1n) is 3.70. The highest BCUT2D eigenvalue weighted by atomic mass is 35.5. The maximum atomic E-state index is 5.85. The predicted molar refractivity (Wildman–Crippen MR) is 54.2 cm³/mol. The van der Waals surface area contributed by atoms with E-state index < -0.39 is 0 Å². The van der Waals surface area contributed by atoms with Gasteiger partial charge in [-0.3, -0.25) is 0 Å². The molecular weight excluding hydrogens is 188 g/mol. The lowest BCUT2D eigenvalue weighted by Gasteiger charge is -2.05. The Morgan fingerprint density at radius 1 is 1.54 bits per heavy atom. The molecule has 0 aliphatic heterocycles. The molecule has 5 N–H and O–H groups in total. The fourth-order valence-corrected chi connectivity index (χ4v) is 1.10. The zero-order valence-electron chi connectivity index (χ0n) is 7.21. The van der Waals surface area contributed by atoms with Crippen molar-refractivity contribution in [2.75, 3.05) is 0 Å². The smallest absolute Gasteiger partial charge is 0.166 e. The van der Waals surface area contributed by atoms with E-state index in [2.05, 4.69) is 10.5 Å². The van der Waals surface area contributed by atoms with Gasteiger partial charge < -0.3 is 11.3 Å². The second-order valence-electron chi connectivity index (χ2n) is 2.59. The predicted octanol–water partition coefficient (Wildman–Crippen LogP) is 0.732. The van der Waals surface area contributed by atoms with Gasteiger partial charge in [-0.05, 0) is 30.7 Å². The van der Waals surface area contributed by atoms with E-state index in [9.17, 15) is 0 Å². The number of nitrogens with one attached hydrogen (secondary N) is 1. The quantitative estimate of drug-likeness (QED) is 0.270. The van der Waals surface area contributed by atoms with E-state index in [1.165, 1.54) is 0 Å². The lowest BCUT2D eigenvalue weighted by atomic mass is 10.1. The van der Waals surface area contributed by atoms with Crippen LogP contribution < -0.4 is 17.1 Å². The third-order valence-electron chi connectivity index (χ3n) is 1.70. The molecule has 1 aromatic carbocycles. The number of aryl methyl sites for hydroxylation is 1. The topological polar surface area (TPSA) is 76.4 Å². The molecule has 0 radical (unpaired) electrons. The van der Waals surface area contributed by atoms with Crippen molar-refractivity contribution in [3.05, 3.63) is 34.3 Å². The van der Waals surface area contributed by atoms with E-state index in [4.69, 9.17) is 23.3 Å². The Labute approximate surface area is 81.5 Å². The van der Waals surface area contributed by atoms with E-state index in [1.807, 2.05) is 13.0 Å². The average molecular weight is 199 g/mol. The van der Waals surface area contributed by atoms with Gasteiger partial charge in [-0.2, -0.15) is 5.10 Å². The Hall–Kier alpha value is -1.26. The minimum atomic E-state index is 0.430. The number of hydrogen-bond acceptors (Lipinski definition) is 3. The molecule has 13 heavy (non-hydrogen) atoms. The number of hydrazone groups is 1. The van der Waals surface area contributed by atoms with Gasteiger partial charge in [0.15, 0.2) is 5.84 Å². The van der Waals surface area contributed by atoms with Crippen LogP contribution in [0.4, 0.5) is 0 Å². The Morgan fingerprint density at radius 2 is 2.23 bits per heavy atom. The number of nitrogens with zero attached hydrogens (tertiary/aromatic N) is 1. The summed E-state index contributed by atoms with van der Waals surface area (Å²) in [4.78, 5) is 0. The second kappa shape index (κ2) is 4.11. The van der Waals surface area contributed by atoms with Gasteiger partial charge in [-0.25, -0.2) is 5.84 Å². The molecule has 0 aliphatic rings. The van der Waals surface area contributed by atoms with Crippen molar-refractivity contribution in [1.29, 1.82) is 0 Å². The van der Waals surface area contributed by atoms with Crippen LogP contribution in [0.3, 0.4) is 0 Å². The van der Waals surface area contributed by atoms with Crippen LogP contribution in [0.5, 0.6) is 0 Å². The number of halogens is 1. The van der Waals surface area contributed by atoms with Crippen LogP contribution in [0.25, 0.3) is 0 Å². The average Bonchev–Trinajstić information content (AvgIpc) is 2.13. The molecular formula is C8H11ClN4. The van der Waals surface area contributed by atoms with Gasteiger partial charge in [0.2, 0.25) is 0 Å². The van der Waals surface area contributed by atoms with E-state index in [0.717, 1.165) is 11.1 Å². The van der Waals surface area contributed by atoms with Gasteiger partial charge in [-0.1, -0.05) is 11.6 Å². The summed E-state index contributed by atoms with van der Waals surface area (Å²) >= 11 is 5.85. The molecule has 0 saturated carbocycles. The minimum Gasteiger partial charge on any atom is -0.321 e. The largest absolute Gasteiger partial charge is 0.321 e. The molecule has 4 nitrogen and oxygen atoms in total. The molecule has 0 amide bonds. The Bertz CT molecular complexity index is 335. The Morgan fingerprint density at radius 3 is 2.69 bits per heavy atom. The summed E-state index contributed by atoms with van der Waals surface area (Å²) in [6, 6.07) is 5.42. The van der Waals surface area contributed by atoms with Crippen LogP contribution in [0, 0.1) is 6.92 Å². The van der Waals surface area contributed by atoms with Crippen LogP contribution in [0.1, 0.15) is 11.1 Å². The van der Waals surface area contributed by atoms with Crippen molar-refractivity contribution >= 4 is 17.4 Å². The fraction of sp³-hybridized carbons (Fsp3) is 0.125. The Kier molecular flexibility index (Phi) is 3.11. The summed E-state index contributed by atoms with van der Waals surface area (Å²) in [5.74, 6) is 10.8. The molecule has 0 aromatic heterocycles. The molecule has 0 fully saturated rings. The SMILES string of the molecule is Cc1cc(/C(=N/N)NN)ccc1Cl. The zero-order valence-corrected chi connectivity index (χ0v) is 7.97. The van der Waals surface area contributed by atoms with Crippen molar-refractivity contribution in [2.45, 2.75) is 6.92 Å². The molecule has 1 rings (SSSR count). The number of hydrazine groups is 1. The summed E-state index contributed by atoms with van der Waals surface area (Å²) in [5.41, 5.74) is 4.16. The van der Waals surface area contributed by atoms with Gasteiger partial charge in [0.05, 0.1) is 0 Å². The van der Waals surface area contributed by atoms with Crippen molar-refractivity contribution in [2.24, 2.45) is 16.8 Å². The Balaban J connectivity index is 3.10. The maximum absolute atomic E-state index is 5.85. The standard InChI is InChI=1S/C8H11ClN4/c1-5-4-6(2-3-7(5)9)8(12-10)13-11/h2-4H,10-11H2,1H3,(H,12,13). The summed E-state index contributed by atoms with van der Waals surface area (Å²) in [7, 11) is 0. The molecule has 5 heteroatoms. The van der Waals surface area contributed by atoms with Gasteiger partial charge in [0.25, 0.3) is 0 Å². The van der Waals surface area contributed by atoms with Crippen LogP contribution in [-0.4, -0.2) is 5.84 Å².